The molecule has 0 radical (unpaired) electrons. The highest BCUT2D eigenvalue weighted by Gasteiger charge is 2.60. The minimum Gasteiger partial charge on any atom is -0.454 e. The van der Waals surface area contributed by atoms with Gasteiger partial charge >= 0.3 is 11.9 Å². The molecule has 2 aliphatic carbocycles. The summed E-state index contributed by atoms with van der Waals surface area (Å²) in [5.41, 5.74) is 1.46. The molecular weight excluding hydrogens is 320 g/mol. The predicted octanol–water partition coefficient (Wildman–Crippen LogP) is 2.92. The molecule has 0 aromatic carbocycles. The average molecular weight is 348 g/mol. The molecule has 138 valence electrons. The summed E-state index contributed by atoms with van der Waals surface area (Å²) in [6.45, 7) is 9.37. The molecule has 5 heteroatoms. The van der Waals surface area contributed by atoms with Gasteiger partial charge in [0.15, 0.2) is 0 Å². The lowest BCUT2D eigenvalue weighted by Crippen LogP contribution is -2.58. The van der Waals surface area contributed by atoms with Crippen molar-refractivity contribution in [1.29, 1.82) is 0 Å². The SMILES string of the molecule is C/C=C(\C)C(=O)O[C@@H]1C2=C(C)C(=O)O[C@@H]2C[C@H]2CC[C@H](O)[C@H](C)[C@]21C. The lowest BCUT2D eigenvalue weighted by Gasteiger charge is -2.56. The van der Waals surface area contributed by atoms with Gasteiger partial charge in [0.1, 0.15) is 12.2 Å². The molecule has 0 spiro atoms. The van der Waals surface area contributed by atoms with Crippen LogP contribution in [0.4, 0.5) is 0 Å². The molecule has 3 rings (SSSR count). The van der Waals surface area contributed by atoms with Crippen molar-refractivity contribution in [1.82, 2.24) is 0 Å². The highest BCUT2D eigenvalue weighted by molar-refractivity contribution is 5.93. The van der Waals surface area contributed by atoms with E-state index in [1.165, 1.54) is 0 Å². The summed E-state index contributed by atoms with van der Waals surface area (Å²) in [6.07, 6.45) is 2.75. The van der Waals surface area contributed by atoms with Crippen molar-refractivity contribution >= 4 is 11.9 Å². The summed E-state index contributed by atoms with van der Waals surface area (Å²) in [6, 6.07) is 0. The van der Waals surface area contributed by atoms with Crippen LogP contribution in [0.2, 0.25) is 0 Å². The number of hydrogen-bond donors (Lipinski definition) is 1. The first kappa shape index (κ1) is 18.2. The van der Waals surface area contributed by atoms with Crippen molar-refractivity contribution < 1.29 is 24.2 Å². The van der Waals surface area contributed by atoms with Gasteiger partial charge in [-0.2, -0.15) is 0 Å². The third kappa shape index (κ3) is 2.64. The average Bonchev–Trinajstić information content (AvgIpc) is 2.86. The number of fused-ring (bicyclic) bond motifs is 2. The monoisotopic (exact) mass is 348 g/mol. The molecule has 0 saturated heterocycles. The van der Waals surface area contributed by atoms with Gasteiger partial charge in [-0.25, -0.2) is 9.59 Å². The van der Waals surface area contributed by atoms with Crippen molar-refractivity contribution in [3.8, 4) is 0 Å². The van der Waals surface area contributed by atoms with Crippen LogP contribution < -0.4 is 0 Å². The quantitative estimate of drug-likeness (QED) is 0.613. The van der Waals surface area contributed by atoms with E-state index in [1.54, 1.807) is 26.8 Å². The molecule has 0 aromatic heterocycles. The van der Waals surface area contributed by atoms with E-state index in [-0.39, 0.29) is 29.9 Å². The second-order valence-corrected chi connectivity index (χ2v) is 7.96. The predicted molar refractivity (Wildman–Crippen MR) is 92.5 cm³/mol. The Morgan fingerprint density at radius 3 is 2.72 bits per heavy atom. The zero-order chi connectivity index (χ0) is 18.5. The van der Waals surface area contributed by atoms with E-state index in [9.17, 15) is 14.7 Å². The van der Waals surface area contributed by atoms with Gasteiger partial charge in [0.2, 0.25) is 0 Å². The van der Waals surface area contributed by atoms with E-state index in [1.807, 2.05) is 6.92 Å². The first-order valence-electron chi connectivity index (χ1n) is 9.15. The molecule has 1 N–H and O–H groups in total. The number of allylic oxidation sites excluding steroid dienone is 1. The Morgan fingerprint density at radius 1 is 1.40 bits per heavy atom. The van der Waals surface area contributed by atoms with Crippen LogP contribution in [0.3, 0.4) is 0 Å². The lowest BCUT2D eigenvalue weighted by molar-refractivity contribution is -0.175. The maximum atomic E-state index is 12.5. The minimum atomic E-state index is -0.546. The topological polar surface area (TPSA) is 72.8 Å². The Balaban J connectivity index is 2.08. The maximum absolute atomic E-state index is 12.5. The Hall–Kier alpha value is -1.62. The lowest BCUT2D eigenvalue weighted by atomic mass is 9.52. The molecule has 1 heterocycles. The molecule has 5 nitrogen and oxygen atoms in total. The number of carbonyl (C=O) groups excluding carboxylic acids is 2. The van der Waals surface area contributed by atoms with E-state index >= 15 is 0 Å². The van der Waals surface area contributed by atoms with Crippen molar-refractivity contribution in [3.63, 3.8) is 0 Å². The van der Waals surface area contributed by atoms with E-state index in [0.29, 0.717) is 11.1 Å². The second-order valence-electron chi connectivity index (χ2n) is 7.96. The van der Waals surface area contributed by atoms with Crippen LogP contribution in [0, 0.1) is 17.3 Å². The van der Waals surface area contributed by atoms with Crippen LogP contribution in [0.25, 0.3) is 0 Å². The molecule has 1 aliphatic heterocycles. The van der Waals surface area contributed by atoms with Crippen molar-refractivity contribution in [2.24, 2.45) is 17.3 Å². The molecule has 0 amide bonds. The third-order valence-corrected chi connectivity index (χ3v) is 6.91. The van der Waals surface area contributed by atoms with E-state index in [2.05, 4.69) is 6.92 Å². The van der Waals surface area contributed by atoms with E-state index in [0.717, 1.165) is 24.8 Å². The molecule has 6 atom stereocenters. The summed E-state index contributed by atoms with van der Waals surface area (Å²) in [5, 5.41) is 10.5. The molecule has 2 saturated carbocycles. The van der Waals surface area contributed by atoms with Crippen LogP contribution in [0.15, 0.2) is 22.8 Å². The third-order valence-electron chi connectivity index (χ3n) is 6.91. The molecule has 0 bridgehead atoms. The van der Waals surface area contributed by atoms with E-state index < -0.39 is 17.6 Å². The normalized spacial score (nSPS) is 41.1. The summed E-state index contributed by atoms with van der Waals surface area (Å²) in [5.74, 6) is -0.492. The fraction of sp³-hybridized carbons (Fsp3) is 0.700. The summed E-state index contributed by atoms with van der Waals surface area (Å²) < 4.78 is 11.5. The number of esters is 2. The van der Waals surface area contributed by atoms with Crippen LogP contribution in [-0.4, -0.2) is 35.4 Å². The zero-order valence-electron chi connectivity index (χ0n) is 15.7. The number of rotatable bonds is 2. The zero-order valence-corrected chi connectivity index (χ0v) is 15.7. The van der Waals surface area contributed by atoms with Crippen molar-refractivity contribution in [3.05, 3.63) is 22.8 Å². The van der Waals surface area contributed by atoms with Crippen molar-refractivity contribution in [2.75, 3.05) is 0 Å². The van der Waals surface area contributed by atoms with Gasteiger partial charge in [-0.15, -0.1) is 0 Å². The number of carbonyl (C=O) groups is 2. The highest BCUT2D eigenvalue weighted by atomic mass is 16.6. The highest BCUT2D eigenvalue weighted by Crippen LogP contribution is 2.57. The molecule has 0 aromatic rings. The van der Waals surface area contributed by atoms with Crippen LogP contribution in [-0.2, 0) is 19.1 Å². The van der Waals surface area contributed by atoms with E-state index in [4.69, 9.17) is 9.47 Å². The smallest absolute Gasteiger partial charge is 0.334 e. The largest absolute Gasteiger partial charge is 0.454 e. The van der Waals surface area contributed by atoms with Crippen LogP contribution in [0.1, 0.15) is 53.9 Å². The Labute approximate surface area is 149 Å². The fourth-order valence-corrected chi connectivity index (χ4v) is 4.83. The number of aliphatic hydroxyl groups is 1. The second kappa shape index (κ2) is 6.27. The Morgan fingerprint density at radius 2 is 2.08 bits per heavy atom. The number of hydrogen-bond acceptors (Lipinski definition) is 5. The van der Waals surface area contributed by atoms with Gasteiger partial charge in [0.05, 0.1) is 6.10 Å². The van der Waals surface area contributed by atoms with Crippen LogP contribution >= 0.6 is 0 Å². The number of ether oxygens (including phenoxy) is 2. The maximum Gasteiger partial charge on any atom is 0.334 e. The first-order chi connectivity index (χ1) is 11.7. The molecule has 2 fully saturated rings. The number of aliphatic hydroxyl groups excluding tert-OH is 1. The van der Waals surface area contributed by atoms with Gasteiger partial charge in [0.25, 0.3) is 0 Å². The fourth-order valence-electron chi connectivity index (χ4n) is 4.83. The Bertz CT molecular complexity index is 661. The molecular formula is C20H28O5. The summed E-state index contributed by atoms with van der Waals surface area (Å²) in [4.78, 5) is 24.7. The van der Waals surface area contributed by atoms with Crippen molar-refractivity contribution in [2.45, 2.75) is 72.2 Å². The van der Waals surface area contributed by atoms with Gasteiger partial charge < -0.3 is 14.6 Å². The first-order valence-corrected chi connectivity index (χ1v) is 9.15. The molecule has 0 unspecified atom stereocenters. The minimum absolute atomic E-state index is 0.0353. The van der Waals surface area contributed by atoms with Gasteiger partial charge in [-0.05, 0) is 51.9 Å². The summed E-state index contributed by atoms with van der Waals surface area (Å²) in [7, 11) is 0. The van der Waals surface area contributed by atoms with Gasteiger partial charge in [0, 0.05) is 22.1 Å². The van der Waals surface area contributed by atoms with Gasteiger partial charge in [-0.1, -0.05) is 19.9 Å². The Kier molecular flexibility index (Phi) is 4.56. The standard InChI is InChI=1S/C20H28O5/c1-6-10(2)18(22)25-17-16-11(3)19(23)24-15(16)9-13-7-8-14(21)12(4)20(13,17)5/h6,12-15,17,21H,7-9H2,1-5H3/b10-6+/t12-,13+,14-,15+,17+,20+/m0/s1. The summed E-state index contributed by atoms with van der Waals surface area (Å²) >= 11 is 0. The van der Waals surface area contributed by atoms with Crippen LogP contribution in [0.5, 0.6) is 0 Å². The van der Waals surface area contributed by atoms with Gasteiger partial charge in [-0.3, -0.25) is 0 Å². The molecule has 25 heavy (non-hydrogen) atoms. The molecule has 3 aliphatic rings.